The normalized spacial score (nSPS) is 23.1. The molecule has 47 heavy (non-hydrogen) atoms. The highest BCUT2D eigenvalue weighted by Crippen LogP contribution is 2.22. The second-order valence-electron chi connectivity index (χ2n) is 13.4. The third-order valence-corrected chi connectivity index (χ3v) is 9.03. The van der Waals surface area contributed by atoms with Gasteiger partial charge in [-0.25, -0.2) is 0 Å². The molecule has 9 nitrogen and oxygen atoms in total. The molecule has 0 saturated carbocycles. The van der Waals surface area contributed by atoms with Crippen LogP contribution in [-0.2, 0) is 14.3 Å². The highest BCUT2D eigenvalue weighted by molar-refractivity contribution is 5.76. The Morgan fingerprint density at radius 2 is 1.21 bits per heavy atom. The van der Waals surface area contributed by atoms with E-state index in [9.17, 15) is 30.3 Å². The number of unbranched alkanes of at least 4 members (excludes halogenated alkanes) is 18. The van der Waals surface area contributed by atoms with Gasteiger partial charge in [0.15, 0.2) is 6.29 Å². The summed E-state index contributed by atoms with van der Waals surface area (Å²) < 4.78 is 11.1. The molecule has 0 radical (unpaired) electrons. The Morgan fingerprint density at radius 1 is 0.702 bits per heavy atom. The van der Waals surface area contributed by atoms with Crippen LogP contribution in [0.3, 0.4) is 0 Å². The highest BCUT2D eigenvalue weighted by atomic mass is 16.7. The van der Waals surface area contributed by atoms with Crippen LogP contribution in [0.2, 0.25) is 0 Å². The number of amides is 1. The fourth-order valence-corrected chi connectivity index (χ4v) is 5.88. The second-order valence-corrected chi connectivity index (χ2v) is 13.4. The zero-order valence-electron chi connectivity index (χ0n) is 29.8. The Hall–Kier alpha value is -1.33. The number of allylic oxidation sites excluding steroid dienone is 3. The number of hydrogen-bond acceptors (Lipinski definition) is 8. The van der Waals surface area contributed by atoms with Gasteiger partial charge in [0.2, 0.25) is 5.91 Å². The smallest absolute Gasteiger partial charge is 0.220 e. The Morgan fingerprint density at radius 3 is 1.79 bits per heavy atom. The van der Waals surface area contributed by atoms with Gasteiger partial charge in [-0.3, -0.25) is 4.79 Å². The molecular formula is C38H71NO8. The van der Waals surface area contributed by atoms with Gasteiger partial charge in [0, 0.05) is 6.42 Å². The molecule has 9 heteroatoms. The van der Waals surface area contributed by atoms with Gasteiger partial charge in [0.05, 0.1) is 25.4 Å². The van der Waals surface area contributed by atoms with Gasteiger partial charge < -0.3 is 40.3 Å². The lowest BCUT2D eigenvalue weighted by Crippen LogP contribution is -2.60. The number of carbonyl (C=O) groups excluding carboxylic acids is 1. The number of ether oxygens (including phenoxy) is 2. The van der Waals surface area contributed by atoms with Crippen molar-refractivity contribution in [2.75, 3.05) is 13.2 Å². The van der Waals surface area contributed by atoms with E-state index in [-0.39, 0.29) is 12.5 Å². The number of carbonyl (C=O) groups is 1. The second kappa shape index (κ2) is 29.6. The van der Waals surface area contributed by atoms with E-state index in [1.54, 1.807) is 6.08 Å². The van der Waals surface area contributed by atoms with Crippen molar-refractivity contribution in [2.24, 2.45) is 0 Å². The highest BCUT2D eigenvalue weighted by Gasteiger charge is 2.44. The summed E-state index contributed by atoms with van der Waals surface area (Å²) in [6.45, 7) is 3.68. The van der Waals surface area contributed by atoms with Gasteiger partial charge in [-0.2, -0.15) is 0 Å². The number of hydrogen-bond donors (Lipinski definition) is 6. The van der Waals surface area contributed by atoms with E-state index in [0.717, 1.165) is 38.5 Å². The Kier molecular flexibility index (Phi) is 27.5. The van der Waals surface area contributed by atoms with Crippen LogP contribution in [0.25, 0.3) is 0 Å². The van der Waals surface area contributed by atoms with E-state index >= 15 is 0 Å². The molecule has 0 aromatic rings. The standard InChI is InChI=1S/C38H71NO8/c1-3-5-7-9-11-12-13-14-15-16-17-18-19-20-22-23-25-27-32(41)31(39-34(42)28-26-24-21-10-8-6-4-2)30-46-38-37(45)36(44)35(43)33(29-40)47-38/h19-20,25,27,31-33,35-38,40-41,43-45H,3-18,21-24,26,28-30H2,1-2H3,(H,39,42)/b20-19+,27-25+/t31-,32+,33+,35+,36?,37?,38+/m0/s1. The van der Waals surface area contributed by atoms with Crippen molar-refractivity contribution in [1.29, 1.82) is 0 Å². The van der Waals surface area contributed by atoms with Crippen molar-refractivity contribution in [3.63, 3.8) is 0 Å². The van der Waals surface area contributed by atoms with Crippen molar-refractivity contribution in [2.45, 2.75) is 198 Å². The third-order valence-electron chi connectivity index (χ3n) is 9.03. The maximum atomic E-state index is 12.7. The van der Waals surface area contributed by atoms with E-state index in [2.05, 4.69) is 31.3 Å². The van der Waals surface area contributed by atoms with Gasteiger partial charge in [-0.05, 0) is 32.1 Å². The minimum absolute atomic E-state index is 0.196. The molecule has 0 spiro atoms. The minimum Gasteiger partial charge on any atom is -0.394 e. The lowest BCUT2D eigenvalue weighted by molar-refractivity contribution is -0.302. The summed E-state index contributed by atoms with van der Waals surface area (Å²) in [5, 5.41) is 53.7. The van der Waals surface area contributed by atoms with E-state index in [1.807, 2.05) is 6.08 Å². The average molecular weight is 670 g/mol. The molecule has 0 aromatic carbocycles. The fourth-order valence-electron chi connectivity index (χ4n) is 5.88. The van der Waals surface area contributed by atoms with Crippen molar-refractivity contribution in [3.8, 4) is 0 Å². The lowest BCUT2D eigenvalue weighted by Gasteiger charge is -2.40. The molecule has 0 aromatic heterocycles. The topological polar surface area (TPSA) is 149 Å². The number of rotatable bonds is 30. The SMILES string of the molecule is CCCCCCCCCCCCC/C=C/CC/C=C/[C@@H](O)[C@H](CO[C@@H]1O[C@H](CO)[C@@H](O)C(O)C1O)NC(=O)CCCCCCCCC. The van der Waals surface area contributed by atoms with Crippen molar-refractivity contribution in [3.05, 3.63) is 24.3 Å². The largest absolute Gasteiger partial charge is 0.394 e. The van der Waals surface area contributed by atoms with Crippen LogP contribution in [-0.4, -0.2) is 87.5 Å². The number of aliphatic hydroxyl groups is 5. The first kappa shape index (κ1) is 43.7. The summed E-state index contributed by atoms with van der Waals surface area (Å²) in [7, 11) is 0. The summed E-state index contributed by atoms with van der Waals surface area (Å²) in [5.74, 6) is -0.196. The predicted molar refractivity (Wildman–Crippen MR) is 189 cm³/mol. The monoisotopic (exact) mass is 670 g/mol. The van der Waals surface area contributed by atoms with Gasteiger partial charge in [-0.1, -0.05) is 141 Å². The molecule has 1 aliphatic heterocycles. The number of nitrogens with one attached hydrogen (secondary N) is 1. The van der Waals surface area contributed by atoms with Crippen LogP contribution >= 0.6 is 0 Å². The van der Waals surface area contributed by atoms with Crippen molar-refractivity contribution >= 4 is 5.91 Å². The fraction of sp³-hybridized carbons (Fsp3) is 0.868. The molecule has 1 aliphatic rings. The lowest BCUT2D eigenvalue weighted by atomic mass is 9.99. The van der Waals surface area contributed by atoms with Crippen molar-refractivity contribution in [1.82, 2.24) is 5.32 Å². The maximum Gasteiger partial charge on any atom is 0.220 e. The zero-order valence-corrected chi connectivity index (χ0v) is 29.8. The number of aliphatic hydroxyl groups excluding tert-OH is 5. The summed E-state index contributed by atoms with van der Waals surface area (Å²) in [6.07, 6.45) is 25.3. The van der Waals surface area contributed by atoms with Crippen LogP contribution in [0.15, 0.2) is 24.3 Å². The van der Waals surface area contributed by atoms with E-state index < -0.39 is 49.5 Å². The molecule has 0 bridgehead atoms. The van der Waals surface area contributed by atoms with E-state index in [1.165, 1.54) is 96.3 Å². The van der Waals surface area contributed by atoms with E-state index in [4.69, 9.17) is 9.47 Å². The molecule has 276 valence electrons. The summed E-state index contributed by atoms with van der Waals surface area (Å²) in [4.78, 5) is 12.7. The molecule has 1 fully saturated rings. The maximum absolute atomic E-state index is 12.7. The molecule has 6 N–H and O–H groups in total. The van der Waals surface area contributed by atoms with Gasteiger partial charge in [0.25, 0.3) is 0 Å². The van der Waals surface area contributed by atoms with Gasteiger partial charge in [-0.15, -0.1) is 0 Å². The Labute approximate surface area is 286 Å². The quantitative estimate of drug-likeness (QED) is 0.0381. The molecule has 1 heterocycles. The summed E-state index contributed by atoms with van der Waals surface area (Å²) >= 11 is 0. The van der Waals surface area contributed by atoms with E-state index in [0.29, 0.717) is 6.42 Å². The van der Waals surface area contributed by atoms with Crippen molar-refractivity contribution < 1.29 is 39.8 Å². The minimum atomic E-state index is -1.57. The Balaban J connectivity index is 2.44. The predicted octanol–water partition coefficient (Wildman–Crippen LogP) is 6.38. The first-order valence-electron chi connectivity index (χ1n) is 19.1. The third kappa shape index (κ3) is 21.4. The molecule has 1 rings (SSSR count). The van der Waals surface area contributed by atoms with Gasteiger partial charge in [0.1, 0.15) is 24.4 Å². The molecule has 2 unspecified atom stereocenters. The summed E-state index contributed by atoms with van der Waals surface area (Å²) in [6, 6.07) is -0.813. The molecule has 1 saturated heterocycles. The molecule has 0 aliphatic carbocycles. The van der Waals surface area contributed by atoms with Crippen LogP contribution in [0.5, 0.6) is 0 Å². The van der Waals surface area contributed by atoms with Crippen LogP contribution < -0.4 is 5.32 Å². The van der Waals surface area contributed by atoms with Crippen LogP contribution in [0.4, 0.5) is 0 Å². The van der Waals surface area contributed by atoms with Crippen LogP contribution in [0, 0.1) is 0 Å². The zero-order chi connectivity index (χ0) is 34.5. The first-order valence-corrected chi connectivity index (χ1v) is 19.1. The molecular weight excluding hydrogens is 598 g/mol. The summed E-state index contributed by atoms with van der Waals surface area (Å²) in [5.41, 5.74) is 0. The Bertz CT molecular complexity index is 792. The van der Waals surface area contributed by atoms with Crippen LogP contribution in [0.1, 0.15) is 155 Å². The first-order chi connectivity index (χ1) is 22.8. The molecule has 1 amide bonds. The molecule has 7 atom stereocenters. The van der Waals surface area contributed by atoms with Gasteiger partial charge >= 0.3 is 0 Å². The average Bonchev–Trinajstić information content (AvgIpc) is 3.07.